The summed E-state index contributed by atoms with van der Waals surface area (Å²) >= 11 is 0. The van der Waals surface area contributed by atoms with Gasteiger partial charge >= 0.3 is 12.1 Å². The summed E-state index contributed by atoms with van der Waals surface area (Å²) in [6.07, 6.45) is 2.80. The lowest BCUT2D eigenvalue weighted by atomic mass is 9.79. The minimum Gasteiger partial charge on any atom is -0.481 e. The number of carboxylic acid groups (broad SMARTS) is 1. The molecule has 1 saturated carbocycles. The minimum atomic E-state index is -0.800. The third kappa shape index (κ3) is 5.52. The first-order valence-electron chi connectivity index (χ1n) is 8.37. The molecule has 2 unspecified atom stereocenters. The molecule has 0 aliphatic heterocycles. The number of nitrogens with one attached hydrogen (secondary N) is 1. The first-order chi connectivity index (χ1) is 10.8. The van der Waals surface area contributed by atoms with Crippen LogP contribution in [0.25, 0.3) is 0 Å². The number of methoxy groups -OCH3 is 1. The van der Waals surface area contributed by atoms with E-state index in [1.54, 1.807) is 0 Å². The normalized spacial score (nSPS) is 25.2. The molecule has 1 aliphatic carbocycles. The molecule has 0 saturated heterocycles. The summed E-state index contributed by atoms with van der Waals surface area (Å²) < 4.78 is 4.62. The summed E-state index contributed by atoms with van der Waals surface area (Å²) in [7, 11) is 1.28. The molecule has 1 rings (SSSR count). The lowest BCUT2D eigenvalue weighted by molar-refractivity contribution is -0.137. The number of alkyl carbamates (subject to hydrolysis) is 1. The molecule has 6 nitrogen and oxygen atoms in total. The van der Waals surface area contributed by atoms with E-state index < -0.39 is 18.1 Å². The molecule has 0 radical (unpaired) electrons. The first-order valence-corrected chi connectivity index (χ1v) is 8.37. The van der Waals surface area contributed by atoms with Crippen LogP contribution >= 0.6 is 0 Å². The van der Waals surface area contributed by atoms with Gasteiger partial charge in [0.1, 0.15) is 0 Å². The average Bonchev–Trinajstić information content (AvgIpc) is 2.84. The fourth-order valence-corrected chi connectivity index (χ4v) is 3.61. The minimum absolute atomic E-state index is 0.0194. The Morgan fingerprint density at radius 2 is 1.91 bits per heavy atom. The van der Waals surface area contributed by atoms with Crippen molar-refractivity contribution >= 4 is 17.8 Å². The summed E-state index contributed by atoms with van der Waals surface area (Å²) in [6, 6.07) is -0.560. The highest BCUT2D eigenvalue weighted by molar-refractivity contribution is 5.90. The third-order valence-electron chi connectivity index (χ3n) is 4.84. The summed E-state index contributed by atoms with van der Waals surface area (Å²) in [5.41, 5.74) is 0. The highest BCUT2D eigenvalue weighted by atomic mass is 16.5. The maximum absolute atomic E-state index is 13.0. The van der Waals surface area contributed by atoms with E-state index in [4.69, 9.17) is 5.11 Å². The van der Waals surface area contributed by atoms with Gasteiger partial charge in [-0.2, -0.15) is 0 Å². The van der Waals surface area contributed by atoms with Crippen molar-refractivity contribution in [1.82, 2.24) is 5.32 Å². The van der Waals surface area contributed by atoms with E-state index in [0.717, 1.165) is 19.3 Å². The van der Waals surface area contributed by atoms with Crippen LogP contribution in [0.4, 0.5) is 4.79 Å². The molecule has 1 amide bonds. The number of carbonyl (C=O) groups is 3. The van der Waals surface area contributed by atoms with Crippen LogP contribution in [0.5, 0.6) is 0 Å². The van der Waals surface area contributed by atoms with Crippen molar-refractivity contribution < 1.29 is 24.2 Å². The monoisotopic (exact) mass is 327 g/mol. The quantitative estimate of drug-likeness (QED) is 0.715. The number of Topliss-reactive ketones (excluding diaryl/α,β-unsaturated/α-hetero) is 1. The van der Waals surface area contributed by atoms with Crippen LogP contribution in [0.15, 0.2) is 0 Å². The molecule has 0 aromatic carbocycles. The molecule has 0 aromatic heterocycles. The number of aliphatic carboxylic acids is 1. The molecule has 23 heavy (non-hydrogen) atoms. The summed E-state index contributed by atoms with van der Waals surface area (Å²) in [6.45, 7) is 5.87. The van der Waals surface area contributed by atoms with Gasteiger partial charge in [0, 0.05) is 12.3 Å². The largest absolute Gasteiger partial charge is 0.481 e. The highest BCUT2D eigenvalue weighted by Gasteiger charge is 2.41. The van der Waals surface area contributed by atoms with E-state index in [0.29, 0.717) is 6.42 Å². The lowest BCUT2D eigenvalue weighted by Gasteiger charge is -2.28. The van der Waals surface area contributed by atoms with Crippen molar-refractivity contribution in [1.29, 1.82) is 0 Å². The number of ketones is 1. The molecule has 132 valence electrons. The Labute approximate surface area is 138 Å². The predicted molar refractivity (Wildman–Crippen MR) is 86.0 cm³/mol. The smallest absolute Gasteiger partial charge is 0.407 e. The Bertz CT molecular complexity index is 435. The van der Waals surface area contributed by atoms with Crippen molar-refractivity contribution in [3.05, 3.63) is 0 Å². The van der Waals surface area contributed by atoms with E-state index in [1.807, 2.05) is 13.8 Å². The first kappa shape index (κ1) is 19.5. The zero-order valence-corrected chi connectivity index (χ0v) is 14.5. The second-order valence-corrected chi connectivity index (χ2v) is 6.89. The van der Waals surface area contributed by atoms with Crippen LogP contribution in [0.1, 0.15) is 52.9 Å². The van der Waals surface area contributed by atoms with Crippen molar-refractivity contribution in [2.75, 3.05) is 7.11 Å². The molecule has 0 heterocycles. The van der Waals surface area contributed by atoms with Gasteiger partial charge in [-0.15, -0.1) is 0 Å². The van der Waals surface area contributed by atoms with E-state index in [1.165, 1.54) is 7.11 Å². The number of ether oxygens (including phenoxy) is 1. The Hall–Kier alpha value is -1.59. The zero-order valence-electron chi connectivity index (χ0n) is 14.5. The van der Waals surface area contributed by atoms with Gasteiger partial charge in [0.2, 0.25) is 0 Å². The van der Waals surface area contributed by atoms with Crippen LogP contribution in [0.2, 0.25) is 0 Å². The molecular formula is C17H29NO5. The predicted octanol–water partition coefficient (Wildman–Crippen LogP) is 2.85. The summed E-state index contributed by atoms with van der Waals surface area (Å²) in [4.78, 5) is 35.2. The molecule has 2 N–H and O–H groups in total. The van der Waals surface area contributed by atoms with Crippen LogP contribution in [0, 0.1) is 23.7 Å². The number of rotatable bonds is 8. The zero-order chi connectivity index (χ0) is 17.6. The van der Waals surface area contributed by atoms with Crippen LogP contribution in [-0.2, 0) is 14.3 Å². The number of hydrogen-bond acceptors (Lipinski definition) is 4. The lowest BCUT2D eigenvalue weighted by Crippen LogP contribution is -2.48. The van der Waals surface area contributed by atoms with Crippen molar-refractivity contribution in [2.24, 2.45) is 23.7 Å². The fraction of sp³-hybridized carbons (Fsp3) is 0.824. The molecule has 0 bridgehead atoms. The van der Waals surface area contributed by atoms with E-state index in [9.17, 15) is 14.4 Å². The number of carboxylic acids is 1. The molecule has 6 heteroatoms. The van der Waals surface area contributed by atoms with Gasteiger partial charge in [-0.3, -0.25) is 9.59 Å². The molecule has 1 aliphatic rings. The Morgan fingerprint density at radius 3 is 2.43 bits per heavy atom. The molecule has 0 spiro atoms. The second-order valence-electron chi connectivity index (χ2n) is 6.89. The molecule has 1 fully saturated rings. The molecule has 0 aromatic rings. The topological polar surface area (TPSA) is 92.7 Å². The van der Waals surface area contributed by atoms with Gasteiger partial charge in [0.25, 0.3) is 0 Å². The number of amides is 1. The van der Waals surface area contributed by atoms with E-state index in [-0.39, 0.29) is 35.9 Å². The van der Waals surface area contributed by atoms with E-state index in [2.05, 4.69) is 17.0 Å². The number of hydrogen-bond donors (Lipinski definition) is 2. The van der Waals surface area contributed by atoms with Crippen molar-refractivity contribution in [3.8, 4) is 0 Å². The Morgan fingerprint density at radius 1 is 1.26 bits per heavy atom. The van der Waals surface area contributed by atoms with Crippen LogP contribution in [-0.4, -0.2) is 36.1 Å². The maximum atomic E-state index is 13.0. The standard InChI is InChI=1S/C17H29NO5/c1-10(2)15(18-17(22)23-4)16(21)14-11(3)8-9-12(14)6-5-7-13(19)20/h10-12,14-15H,5-9H2,1-4H3,(H,18,22)(H,19,20)/t11-,12+,14?,15?/m0/s1. The molecule has 4 atom stereocenters. The van der Waals surface area contributed by atoms with Gasteiger partial charge in [0.15, 0.2) is 5.78 Å². The number of carbonyl (C=O) groups excluding carboxylic acids is 2. The highest BCUT2D eigenvalue weighted by Crippen LogP contribution is 2.41. The van der Waals surface area contributed by atoms with Crippen LogP contribution < -0.4 is 5.32 Å². The third-order valence-corrected chi connectivity index (χ3v) is 4.84. The fourth-order valence-electron chi connectivity index (χ4n) is 3.61. The van der Waals surface area contributed by atoms with Gasteiger partial charge in [-0.1, -0.05) is 20.8 Å². The Balaban J connectivity index is 2.78. The van der Waals surface area contributed by atoms with Crippen molar-refractivity contribution in [3.63, 3.8) is 0 Å². The Kier molecular flexibility index (Phi) is 7.52. The van der Waals surface area contributed by atoms with Gasteiger partial charge in [0.05, 0.1) is 13.2 Å². The summed E-state index contributed by atoms with van der Waals surface area (Å²) in [5, 5.41) is 11.4. The van der Waals surface area contributed by atoms with Crippen molar-refractivity contribution in [2.45, 2.75) is 58.9 Å². The average molecular weight is 327 g/mol. The molecular weight excluding hydrogens is 298 g/mol. The van der Waals surface area contributed by atoms with Gasteiger partial charge in [-0.25, -0.2) is 4.79 Å². The maximum Gasteiger partial charge on any atom is 0.407 e. The second kappa shape index (κ2) is 8.89. The SMILES string of the molecule is COC(=O)NC(C(=O)C1[C@H](CCCC(=O)O)CC[C@@H]1C)C(C)C. The van der Waals surface area contributed by atoms with Crippen LogP contribution in [0.3, 0.4) is 0 Å². The summed E-state index contributed by atoms with van der Waals surface area (Å²) in [5.74, 6) is -0.417. The van der Waals surface area contributed by atoms with Gasteiger partial charge < -0.3 is 15.2 Å². The van der Waals surface area contributed by atoms with Gasteiger partial charge in [-0.05, 0) is 43.4 Å². The van der Waals surface area contributed by atoms with E-state index >= 15 is 0 Å².